The number of anilines is 1. The van der Waals surface area contributed by atoms with Crippen molar-refractivity contribution in [2.24, 2.45) is 0 Å². The summed E-state index contributed by atoms with van der Waals surface area (Å²) in [4.78, 5) is 26.7. The van der Waals surface area contributed by atoms with E-state index in [1.165, 1.54) is 18.5 Å². The van der Waals surface area contributed by atoms with Gasteiger partial charge in [-0.25, -0.2) is 9.78 Å². The van der Waals surface area contributed by atoms with Crippen molar-refractivity contribution in [3.8, 4) is 11.5 Å². The van der Waals surface area contributed by atoms with Gasteiger partial charge in [0, 0.05) is 35.2 Å². The smallest absolute Gasteiger partial charge is 0.157 e. The number of nitrogens with zero attached hydrogens (tertiary/aromatic N) is 3. The van der Waals surface area contributed by atoms with Gasteiger partial charge in [-0.3, -0.25) is 4.98 Å². The molecule has 178 valence electrons. The van der Waals surface area contributed by atoms with E-state index in [0.717, 1.165) is 29.6 Å². The second-order valence-corrected chi connectivity index (χ2v) is 8.91. The lowest BCUT2D eigenvalue weighted by atomic mass is 10.1. The summed E-state index contributed by atoms with van der Waals surface area (Å²) < 4.78 is 0. The number of hydrogen-bond donors (Lipinski definition) is 1. The molecule has 0 saturated heterocycles. The minimum atomic E-state index is 0.407. The van der Waals surface area contributed by atoms with Crippen molar-refractivity contribution in [3.05, 3.63) is 98.1 Å². The van der Waals surface area contributed by atoms with Gasteiger partial charge in [-0.1, -0.05) is 37.1 Å². The third kappa shape index (κ3) is 5.54. The Bertz CT molecular complexity index is 1560. The number of aryl methyl sites for hydroxylation is 1. The van der Waals surface area contributed by atoms with Crippen molar-refractivity contribution in [1.82, 2.24) is 15.0 Å². The Kier molecular flexibility index (Phi) is 7.81. The SMILES string of the molecule is CCCCN(CC)c1ccc(C=c2[nH]c(-c3ccccn3)n/c2=c2/cc(Cl)ccc2=C=O)c(C)c1. The molecule has 0 aliphatic heterocycles. The third-order valence-corrected chi connectivity index (χ3v) is 6.30. The first-order chi connectivity index (χ1) is 17.0. The van der Waals surface area contributed by atoms with Gasteiger partial charge in [0.1, 0.15) is 11.6 Å². The Morgan fingerprint density at radius 2 is 1.97 bits per heavy atom. The molecule has 0 fully saturated rings. The molecular formula is C29H29ClN4O. The molecule has 6 heteroatoms. The lowest BCUT2D eigenvalue weighted by Gasteiger charge is -2.23. The Hall–Kier alpha value is -3.66. The highest BCUT2D eigenvalue weighted by molar-refractivity contribution is 6.30. The fourth-order valence-corrected chi connectivity index (χ4v) is 4.29. The van der Waals surface area contributed by atoms with Crippen LogP contribution < -0.4 is 15.5 Å². The van der Waals surface area contributed by atoms with E-state index in [2.05, 4.69) is 59.9 Å². The summed E-state index contributed by atoms with van der Waals surface area (Å²) in [7, 11) is 0. The summed E-state index contributed by atoms with van der Waals surface area (Å²) in [6.45, 7) is 8.54. The number of benzene rings is 2. The van der Waals surface area contributed by atoms with Crippen LogP contribution in [0.1, 0.15) is 37.8 Å². The van der Waals surface area contributed by atoms with Gasteiger partial charge in [0.15, 0.2) is 5.82 Å². The van der Waals surface area contributed by atoms with Crippen LogP contribution in [-0.4, -0.2) is 34.0 Å². The van der Waals surface area contributed by atoms with Gasteiger partial charge >= 0.3 is 0 Å². The highest BCUT2D eigenvalue weighted by Crippen LogP contribution is 2.20. The van der Waals surface area contributed by atoms with Crippen molar-refractivity contribution in [3.63, 3.8) is 0 Å². The maximum Gasteiger partial charge on any atom is 0.157 e. The number of aromatic nitrogens is 3. The van der Waals surface area contributed by atoms with E-state index in [4.69, 9.17) is 16.6 Å². The molecule has 0 aliphatic rings. The molecular weight excluding hydrogens is 456 g/mol. The van der Waals surface area contributed by atoms with Crippen molar-refractivity contribution in [2.45, 2.75) is 33.6 Å². The number of halogens is 1. The summed E-state index contributed by atoms with van der Waals surface area (Å²) in [5.41, 5.74) is 4.16. The molecule has 1 N–H and O–H groups in total. The van der Waals surface area contributed by atoms with Crippen molar-refractivity contribution < 1.29 is 4.79 Å². The first kappa shape index (κ1) is 24.5. The molecule has 2 aromatic carbocycles. The fourth-order valence-electron chi connectivity index (χ4n) is 4.11. The standard InChI is InChI=1S/C29H29ClN4O/c1-4-6-15-34(5-2)24-13-11-21(20(3)16-24)17-27-28(25-18-23(30)12-10-22(25)19-35)33-29(32-27)26-9-7-8-14-31-26/h7-14,16-18H,4-6,15H2,1-3H3,(H,32,33)/b27-17?,28-25-. The van der Waals surface area contributed by atoms with Gasteiger partial charge in [-0.15, -0.1) is 0 Å². The number of H-pyrrole nitrogens is 1. The Morgan fingerprint density at radius 1 is 1.11 bits per heavy atom. The molecule has 0 saturated carbocycles. The zero-order valence-electron chi connectivity index (χ0n) is 20.3. The monoisotopic (exact) mass is 484 g/mol. The van der Waals surface area contributed by atoms with Crippen molar-refractivity contribution in [2.75, 3.05) is 18.0 Å². The van der Waals surface area contributed by atoms with Crippen LogP contribution in [0.3, 0.4) is 0 Å². The Balaban J connectivity index is 1.95. The van der Waals surface area contributed by atoms with E-state index >= 15 is 0 Å². The number of hydrogen-bond acceptors (Lipinski definition) is 4. The zero-order valence-corrected chi connectivity index (χ0v) is 21.1. The largest absolute Gasteiger partial charge is 0.372 e. The van der Waals surface area contributed by atoms with Crippen LogP contribution in [0.4, 0.5) is 5.69 Å². The van der Waals surface area contributed by atoms with E-state index in [9.17, 15) is 4.79 Å². The molecule has 0 unspecified atom stereocenters. The second kappa shape index (κ2) is 11.2. The average Bonchev–Trinajstić information content (AvgIpc) is 3.30. The van der Waals surface area contributed by atoms with Crippen LogP contribution in [0.15, 0.2) is 60.8 Å². The lowest BCUT2D eigenvalue weighted by molar-refractivity contribution is 0.567. The molecule has 4 rings (SSSR count). The molecule has 35 heavy (non-hydrogen) atoms. The van der Waals surface area contributed by atoms with Gasteiger partial charge < -0.3 is 9.88 Å². The molecule has 0 bridgehead atoms. The predicted molar refractivity (Wildman–Crippen MR) is 143 cm³/mol. The number of carbonyl (C=O) groups excluding carboxylic acids is 1. The van der Waals surface area contributed by atoms with Crippen LogP contribution in [0, 0.1) is 17.5 Å². The first-order valence-electron chi connectivity index (χ1n) is 11.9. The molecule has 0 spiro atoms. The summed E-state index contributed by atoms with van der Waals surface area (Å²) in [5, 5.41) is 2.97. The fraction of sp³-hybridized carbons (Fsp3) is 0.241. The first-order valence-corrected chi connectivity index (χ1v) is 12.3. The summed E-state index contributed by atoms with van der Waals surface area (Å²) in [6, 6.07) is 17.3. The number of aromatic amines is 1. The predicted octanol–water partition coefficient (Wildman–Crippen LogP) is 4.68. The van der Waals surface area contributed by atoms with Gasteiger partial charge in [0.2, 0.25) is 0 Å². The quantitative estimate of drug-likeness (QED) is 0.414. The third-order valence-electron chi connectivity index (χ3n) is 6.07. The Morgan fingerprint density at radius 3 is 2.66 bits per heavy atom. The summed E-state index contributed by atoms with van der Waals surface area (Å²) >= 11 is 6.29. The lowest BCUT2D eigenvalue weighted by Crippen LogP contribution is -2.23. The van der Waals surface area contributed by atoms with Crippen molar-refractivity contribution in [1.29, 1.82) is 0 Å². The number of rotatable bonds is 7. The van der Waals surface area contributed by atoms with Crippen LogP contribution in [0.2, 0.25) is 5.02 Å². The van der Waals surface area contributed by atoms with E-state index < -0.39 is 0 Å². The highest BCUT2D eigenvalue weighted by atomic mass is 35.5. The summed E-state index contributed by atoms with van der Waals surface area (Å²) in [6.07, 6.45) is 6.13. The van der Waals surface area contributed by atoms with Gasteiger partial charge in [0.05, 0.1) is 15.9 Å². The molecule has 2 heterocycles. The highest BCUT2D eigenvalue weighted by Gasteiger charge is 2.08. The van der Waals surface area contributed by atoms with E-state index in [-0.39, 0.29) is 0 Å². The summed E-state index contributed by atoms with van der Waals surface area (Å²) in [5.74, 6) is 2.64. The minimum absolute atomic E-state index is 0.407. The number of unbranched alkanes of at least 4 members (excludes halogenated alkanes) is 1. The second-order valence-electron chi connectivity index (χ2n) is 8.47. The number of pyridine rings is 1. The average molecular weight is 485 g/mol. The van der Waals surface area contributed by atoms with Gasteiger partial charge in [0.25, 0.3) is 0 Å². The van der Waals surface area contributed by atoms with E-state index in [1.54, 1.807) is 24.4 Å². The normalized spacial score (nSPS) is 12.5. The van der Waals surface area contributed by atoms with Gasteiger partial charge in [-0.05, 0) is 79.9 Å². The topological polar surface area (TPSA) is 61.9 Å². The molecule has 0 aliphatic carbocycles. The maximum absolute atomic E-state index is 11.7. The zero-order chi connectivity index (χ0) is 24.8. The van der Waals surface area contributed by atoms with Crippen LogP contribution in [0.5, 0.6) is 0 Å². The molecule has 4 aromatic rings. The van der Waals surface area contributed by atoms with Crippen LogP contribution >= 0.6 is 11.6 Å². The van der Waals surface area contributed by atoms with E-state index in [0.29, 0.717) is 32.3 Å². The maximum atomic E-state index is 11.7. The molecule has 0 amide bonds. The van der Waals surface area contributed by atoms with E-state index in [1.807, 2.05) is 24.1 Å². The molecule has 0 atom stereocenters. The Labute approximate surface area is 210 Å². The van der Waals surface area contributed by atoms with Crippen LogP contribution in [0.25, 0.3) is 17.6 Å². The molecule has 2 aromatic heterocycles. The van der Waals surface area contributed by atoms with Gasteiger partial charge in [-0.2, -0.15) is 0 Å². The minimum Gasteiger partial charge on any atom is -0.372 e. The number of imidazole rings is 1. The molecule has 5 nitrogen and oxygen atoms in total. The van der Waals surface area contributed by atoms with Crippen LogP contribution in [-0.2, 0) is 4.79 Å². The number of nitrogens with one attached hydrogen (secondary N) is 1. The van der Waals surface area contributed by atoms with Crippen molar-refractivity contribution >= 4 is 29.3 Å². The molecule has 0 radical (unpaired) electrons.